The molecule has 0 spiro atoms. The minimum atomic E-state index is -0.505. The van der Waals surface area contributed by atoms with Crippen LogP contribution in [0.3, 0.4) is 0 Å². The summed E-state index contributed by atoms with van der Waals surface area (Å²) >= 11 is 0. The second-order valence-electron chi connectivity index (χ2n) is 4.70. The maximum atomic E-state index is 13.3. The van der Waals surface area contributed by atoms with Gasteiger partial charge in [-0.1, -0.05) is 6.92 Å². The van der Waals surface area contributed by atoms with Crippen molar-refractivity contribution in [3.8, 4) is 0 Å². The zero-order chi connectivity index (χ0) is 13.1. The van der Waals surface area contributed by atoms with Gasteiger partial charge in [-0.15, -0.1) is 0 Å². The Kier molecular flexibility index (Phi) is 3.91. The van der Waals surface area contributed by atoms with Crippen LogP contribution in [0.15, 0.2) is 18.2 Å². The van der Waals surface area contributed by atoms with Crippen LogP contribution < -0.4 is 10.6 Å². The van der Waals surface area contributed by atoms with Crippen LogP contribution in [-0.2, 0) is 11.3 Å². The van der Waals surface area contributed by atoms with E-state index in [9.17, 15) is 13.6 Å². The monoisotopic (exact) mass is 254 g/mol. The third kappa shape index (κ3) is 2.85. The summed E-state index contributed by atoms with van der Waals surface area (Å²) in [5, 5.41) is 5.78. The Labute approximate surface area is 105 Å². The van der Waals surface area contributed by atoms with Crippen LogP contribution in [0.2, 0.25) is 0 Å². The zero-order valence-corrected chi connectivity index (χ0v) is 10.2. The summed E-state index contributed by atoms with van der Waals surface area (Å²) in [6, 6.07) is 3.23. The summed E-state index contributed by atoms with van der Waals surface area (Å²) in [5.41, 5.74) is 0.168. The predicted octanol–water partition coefficient (Wildman–Crippen LogP) is 1.44. The summed E-state index contributed by atoms with van der Waals surface area (Å²) < 4.78 is 26.3. The highest BCUT2D eigenvalue weighted by Crippen LogP contribution is 2.16. The van der Waals surface area contributed by atoms with Crippen molar-refractivity contribution in [1.29, 1.82) is 0 Å². The molecule has 1 saturated heterocycles. The number of rotatable bonds is 3. The van der Waals surface area contributed by atoms with E-state index in [4.69, 9.17) is 0 Å². The molecule has 0 aromatic heterocycles. The lowest BCUT2D eigenvalue weighted by Gasteiger charge is -2.14. The second kappa shape index (κ2) is 5.44. The molecule has 0 aliphatic carbocycles. The van der Waals surface area contributed by atoms with Crippen molar-refractivity contribution in [3.63, 3.8) is 0 Å². The molecule has 2 N–H and O–H groups in total. The van der Waals surface area contributed by atoms with E-state index in [1.165, 1.54) is 0 Å². The Morgan fingerprint density at radius 3 is 2.89 bits per heavy atom. The summed E-state index contributed by atoms with van der Waals surface area (Å²) in [7, 11) is 0. The SMILES string of the molecule is CC1CNCC1C(=O)NCc1cc(F)ccc1F. The molecule has 1 amide bonds. The third-order valence-corrected chi connectivity index (χ3v) is 3.32. The lowest BCUT2D eigenvalue weighted by Crippen LogP contribution is -2.34. The Morgan fingerprint density at radius 1 is 1.44 bits per heavy atom. The molecular formula is C13H16F2N2O. The van der Waals surface area contributed by atoms with E-state index in [1.54, 1.807) is 0 Å². The van der Waals surface area contributed by atoms with Gasteiger partial charge in [0.2, 0.25) is 5.91 Å². The lowest BCUT2D eigenvalue weighted by molar-refractivity contribution is -0.125. The van der Waals surface area contributed by atoms with E-state index in [1.807, 2.05) is 6.92 Å². The molecule has 2 unspecified atom stereocenters. The van der Waals surface area contributed by atoms with Gasteiger partial charge in [-0.05, 0) is 30.7 Å². The molecule has 1 heterocycles. The zero-order valence-electron chi connectivity index (χ0n) is 10.2. The van der Waals surface area contributed by atoms with Crippen molar-refractivity contribution >= 4 is 5.91 Å². The highest BCUT2D eigenvalue weighted by molar-refractivity contribution is 5.79. The standard InChI is InChI=1S/C13H16F2N2O/c1-8-5-16-7-11(8)13(18)17-6-9-4-10(14)2-3-12(9)15/h2-4,8,11,16H,5-7H2,1H3,(H,17,18). The number of halogens is 2. The molecule has 98 valence electrons. The van der Waals surface area contributed by atoms with Crippen LogP contribution >= 0.6 is 0 Å². The van der Waals surface area contributed by atoms with Gasteiger partial charge < -0.3 is 10.6 Å². The fraction of sp³-hybridized carbons (Fsp3) is 0.462. The summed E-state index contributed by atoms with van der Waals surface area (Å²) in [5.74, 6) is -0.953. The number of carbonyl (C=O) groups excluding carboxylic acids is 1. The van der Waals surface area contributed by atoms with Gasteiger partial charge in [0.1, 0.15) is 11.6 Å². The van der Waals surface area contributed by atoms with Crippen molar-refractivity contribution in [2.75, 3.05) is 13.1 Å². The van der Waals surface area contributed by atoms with E-state index in [2.05, 4.69) is 10.6 Å². The molecule has 0 bridgehead atoms. The smallest absolute Gasteiger partial charge is 0.224 e. The number of carbonyl (C=O) groups is 1. The average Bonchev–Trinajstić information content (AvgIpc) is 2.76. The summed E-state index contributed by atoms with van der Waals surface area (Å²) in [6.07, 6.45) is 0. The van der Waals surface area contributed by atoms with Crippen molar-refractivity contribution in [1.82, 2.24) is 10.6 Å². The Morgan fingerprint density at radius 2 is 2.22 bits per heavy atom. The number of nitrogens with one attached hydrogen (secondary N) is 2. The van der Waals surface area contributed by atoms with Gasteiger partial charge in [0, 0.05) is 18.7 Å². The van der Waals surface area contributed by atoms with Crippen molar-refractivity contribution in [3.05, 3.63) is 35.4 Å². The number of amides is 1. The highest BCUT2D eigenvalue weighted by atomic mass is 19.1. The van der Waals surface area contributed by atoms with E-state index in [0.29, 0.717) is 6.54 Å². The average molecular weight is 254 g/mol. The van der Waals surface area contributed by atoms with Crippen LogP contribution in [0, 0.1) is 23.5 Å². The van der Waals surface area contributed by atoms with Gasteiger partial charge in [-0.3, -0.25) is 4.79 Å². The maximum Gasteiger partial charge on any atom is 0.224 e. The molecule has 3 nitrogen and oxygen atoms in total. The molecule has 2 atom stereocenters. The number of benzene rings is 1. The lowest BCUT2D eigenvalue weighted by atomic mass is 9.97. The molecule has 5 heteroatoms. The molecule has 18 heavy (non-hydrogen) atoms. The van der Waals surface area contributed by atoms with Crippen LogP contribution in [0.5, 0.6) is 0 Å². The van der Waals surface area contributed by atoms with Gasteiger partial charge in [0.05, 0.1) is 5.92 Å². The van der Waals surface area contributed by atoms with E-state index in [0.717, 1.165) is 24.7 Å². The molecule has 0 saturated carbocycles. The summed E-state index contributed by atoms with van der Waals surface area (Å²) in [4.78, 5) is 11.9. The molecule has 1 aromatic carbocycles. The van der Waals surface area contributed by atoms with Crippen LogP contribution in [-0.4, -0.2) is 19.0 Å². The highest BCUT2D eigenvalue weighted by Gasteiger charge is 2.29. The first-order chi connectivity index (χ1) is 8.58. The number of hydrogen-bond acceptors (Lipinski definition) is 2. The van der Waals surface area contributed by atoms with Crippen molar-refractivity contribution in [2.24, 2.45) is 11.8 Å². The van der Waals surface area contributed by atoms with Crippen molar-refractivity contribution in [2.45, 2.75) is 13.5 Å². The fourth-order valence-electron chi connectivity index (χ4n) is 2.15. The Bertz CT molecular complexity index is 451. The first-order valence-electron chi connectivity index (χ1n) is 6.00. The first kappa shape index (κ1) is 13.0. The molecule has 1 aliphatic rings. The molecule has 1 aliphatic heterocycles. The van der Waals surface area contributed by atoms with Gasteiger partial charge in [-0.25, -0.2) is 8.78 Å². The first-order valence-corrected chi connectivity index (χ1v) is 6.00. The van der Waals surface area contributed by atoms with Gasteiger partial charge >= 0.3 is 0 Å². The summed E-state index contributed by atoms with van der Waals surface area (Å²) in [6.45, 7) is 3.46. The topological polar surface area (TPSA) is 41.1 Å². The molecule has 2 rings (SSSR count). The van der Waals surface area contributed by atoms with Crippen molar-refractivity contribution < 1.29 is 13.6 Å². The van der Waals surface area contributed by atoms with Crippen LogP contribution in [0.4, 0.5) is 8.78 Å². The molecular weight excluding hydrogens is 238 g/mol. The number of hydrogen-bond donors (Lipinski definition) is 2. The van der Waals surface area contributed by atoms with Gasteiger partial charge in [-0.2, -0.15) is 0 Å². The van der Waals surface area contributed by atoms with E-state index in [-0.39, 0.29) is 29.9 Å². The van der Waals surface area contributed by atoms with E-state index >= 15 is 0 Å². The Hall–Kier alpha value is -1.49. The molecule has 1 aromatic rings. The fourth-order valence-corrected chi connectivity index (χ4v) is 2.15. The third-order valence-electron chi connectivity index (χ3n) is 3.32. The quantitative estimate of drug-likeness (QED) is 0.857. The molecule has 0 radical (unpaired) electrons. The van der Waals surface area contributed by atoms with Crippen LogP contribution in [0.25, 0.3) is 0 Å². The largest absolute Gasteiger partial charge is 0.352 e. The van der Waals surface area contributed by atoms with E-state index < -0.39 is 11.6 Å². The van der Waals surface area contributed by atoms with Gasteiger partial charge in [0.15, 0.2) is 0 Å². The second-order valence-corrected chi connectivity index (χ2v) is 4.70. The minimum absolute atomic E-state index is 0.0195. The maximum absolute atomic E-state index is 13.3. The Balaban J connectivity index is 1.95. The normalized spacial score (nSPS) is 23.1. The predicted molar refractivity (Wildman–Crippen MR) is 63.7 cm³/mol. The minimum Gasteiger partial charge on any atom is -0.352 e. The van der Waals surface area contributed by atoms with Gasteiger partial charge in [0.25, 0.3) is 0 Å². The molecule has 1 fully saturated rings. The van der Waals surface area contributed by atoms with Crippen LogP contribution in [0.1, 0.15) is 12.5 Å².